The summed E-state index contributed by atoms with van der Waals surface area (Å²) in [6, 6.07) is 5.35. The number of hydrogen-bond donors (Lipinski definition) is 1. The number of nitrogens with two attached hydrogens (primary N) is 1. The van der Waals surface area contributed by atoms with Crippen molar-refractivity contribution in [1.82, 2.24) is 9.88 Å². The van der Waals surface area contributed by atoms with Crippen LogP contribution in [-0.2, 0) is 6.54 Å². The van der Waals surface area contributed by atoms with Crippen molar-refractivity contribution >= 4 is 34.5 Å². The molecule has 0 spiro atoms. The molecule has 0 unspecified atom stereocenters. The molecule has 2 heterocycles. The van der Waals surface area contributed by atoms with Gasteiger partial charge in [0.05, 0.1) is 28.3 Å². The first kappa shape index (κ1) is 12.9. The Kier molecular flexibility index (Phi) is 3.84. The monoisotopic (exact) mass is 281 g/mol. The summed E-state index contributed by atoms with van der Waals surface area (Å²) in [4.78, 5) is 18.7. The molecule has 0 fully saturated rings. The summed E-state index contributed by atoms with van der Waals surface area (Å²) in [5.74, 6) is -0.126. The second-order valence-electron chi connectivity index (χ2n) is 3.83. The highest BCUT2D eigenvalue weighted by atomic mass is 35.5. The molecule has 0 bridgehead atoms. The molecule has 0 atom stereocenters. The van der Waals surface area contributed by atoms with E-state index in [-0.39, 0.29) is 5.91 Å². The smallest absolute Gasteiger partial charge is 0.256 e. The molecule has 2 aromatic heterocycles. The van der Waals surface area contributed by atoms with E-state index in [2.05, 4.69) is 4.98 Å². The van der Waals surface area contributed by atoms with Gasteiger partial charge >= 0.3 is 0 Å². The fourth-order valence-corrected chi connectivity index (χ4v) is 2.69. The van der Waals surface area contributed by atoms with Crippen molar-refractivity contribution in [3.63, 3.8) is 0 Å². The van der Waals surface area contributed by atoms with E-state index in [1.54, 1.807) is 24.2 Å². The minimum Gasteiger partial charge on any atom is -0.397 e. The Morgan fingerprint density at radius 1 is 1.50 bits per heavy atom. The van der Waals surface area contributed by atoms with Crippen molar-refractivity contribution in [3.8, 4) is 0 Å². The predicted molar refractivity (Wildman–Crippen MR) is 73.8 cm³/mol. The van der Waals surface area contributed by atoms with E-state index in [1.165, 1.54) is 17.5 Å². The number of nitrogens with zero attached hydrogens (tertiary/aromatic N) is 2. The lowest BCUT2D eigenvalue weighted by Gasteiger charge is -2.17. The van der Waals surface area contributed by atoms with E-state index >= 15 is 0 Å². The van der Waals surface area contributed by atoms with Crippen LogP contribution in [0.1, 0.15) is 15.2 Å². The van der Waals surface area contributed by atoms with Crippen LogP contribution < -0.4 is 5.73 Å². The lowest BCUT2D eigenvalue weighted by Crippen LogP contribution is -2.26. The Morgan fingerprint density at radius 2 is 2.28 bits per heavy atom. The van der Waals surface area contributed by atoms with Crippen molar-refractivity contribution in [2.45, 2.75) is 6.54 Å². The molecule has 1 amide bonds. The van der Waals surface area contributed by atoms with Crippen molar-refractivity contribution in [2.24, 2.45) is 0 Å². The number of nitrogen functional groups attached to an aromatic ring is 1. The van der Waals surface area contributed by atoms with Gasteiger partial charge in [0.15, 0.2) is 0 Å². The van der Waals surface area contributed by atoms with Crippen LogP contribution in [0.5, 0.6) is 0 Å². The van der Waals surface area contributed by atoms with Gasteiger partial charge in [-0.1, -0.05) is 11.6 Å². The minimum atomic E-state index is -0.126. The molecule has 0 saturated heterocycles. The van der Waals surface area contributed by atoms with Crippen LogP contribution in [-0.4, -0.2) is 22.8 Å². The third-order valence-electron chi connectivity index (χ3n) is 2.45. The minimum absolute atomic E-state index is 0.126. The second kappa shape index (κ2) is 5.37. The maximum Gasteiger partial charge on any atom is 0.256 e. The van der Waals surface area contributed by atoms with Gasteiger partial charge in [0.25, 0.3) is 5.91 Å². The summed E-state index contributed by atoms with van der Waals surface area (Å²) in [5, 5.41) is 0. The van der Waals surface area contributed by atoms with Gasteiger partial charge in [0.1, 0.15) is 0 Å². The molecular weight excluding hydrogens is 270 g/mol. The number of thiophene rings is 1. The zero-order chi connectivity index (χ0) is 13.1. The van der Waals surface area contributed by atoms with Gasteiger partial charge < -0.3 is 10.6 Å². The SMILES string of the molecule is CN(Cc1ccc(Cl)s1)C(=O)c1ccncc1N. The lowest BCUT2D eigenvalue weighted by atomic mass is 10.2. The molecule has 4 nitrogen and oxygen atoms in total. The van der Waals surface area contributed by atoms with E-state index in [9.17, 15) is 4.79 Å². The molecule has 2 rings (SSSR count). The molecule has 18 heavy (non-hydrogen) atoms. The van der Waals surface area contributed by atoms with Gasteiger partial charge in [-0.05, 0) is 18.2 Å². The molecule has 2 N–H and O–H groups in total. The van der Waals surface area contributed by atoms with Crippen molar-refractivity contribution in [3.05, 3.63) is 45.4 Å². The predicted octanol–water partition coefficient (Wildman–Crippen LogP) is 2.65. The number of hydrogen-bond acceptors (Lipinski definition) is 4. The van der Waals surface area contributed by atoms with E-state index < -0.39 is 0 Å². The number of aromatic nitrogens is 1. The first-order valence-corrected chi connectivity index (χ1v) is 6.46. The average Bonchev–Trinajstić information content (AvgIpc) is 2.74. The number of anilines is 1. The maximum absolute atomic E-state index is 12.2. The number of carbonyl (C=O) groups is 1. The number of carbonyl (C=O) groups excluding carboxylic acids is 1. The van der Waals surface area contributed by atoms with Crippen LogP contribution in [0.4, 0.5) is 5.69 Å². The molecule has 0 aliphatic rings. The highest BCUT2D eigenvalue weighted by molar-refractivity contribution is 7.16. The first-order valence-electron chi connectivity index (χ1n) is 5.27. The highest BCUT2D eigenvalue weighted by Gasteiger charge is 2.15. The van der Waals surface area contributed by atoms with Gasteiger partial charge in [-0.15, -0.1) is 11.3 Å². The summed E-state index contributed by atoms with van der Waals surface area (Å²) in [7, 11) is 1.73. The topological polar surface area (TPSA) is 59.2 Å². The molecule has 0 aliphatic carbocycles. The number of rotatable bonds is 3. The summed E-state index contributed by atoms with van der Waals surface area (Å²) in [5.41, 5.74) is 6.58. The third kappa shape index (κ3) is 2.80. The van der Waals surface area contributed by atoms with Crippen LogP contribution in [0.3, 0.4) is 0 Å². The van der Waals surface area contributed by atoms with Gasteiger partial charge in [-0.25, -0.2) is 0 Å². The fourth-order valence-electron chi connectivity index (χ4n) is 1.55. The molecular formula is C12H12ClN3OS. The molecule has 0 aliphatic heterocycles. The van der Waals surface area contributed by atoms with Crippen LogP contribution >= 0.6 is 22.9 Å². The number of halogens is 1. The van der Waals surface area contributed by atoms with Crippen LogP contribution in [0, 0.1) is 0 Å². The molecule has 0 radical (unpaired) electrons. The first-order chi connectivity index (χ1) is 8.58. The summed E-state index contributed by atoms with van der Waals surface area (Å²) < 4.78 is 0.717. The zero-order valence-corrected chi connectivity index (χ0v) is 11.3. The van der Waals surface area contributed by atoms with E-state index in [0.717, 1.165) is 4.88 Å². The summed E-state index contributed by atoms with van der Waals surface area (Å²) in [6.07, 6.45) is 3.03. The van der Waals surface area contributed by atoms with Crippen molar-refractivity contribution in [1.29, 1.82) is 0 Å². The van der Waals surface area contributed by atoms with Crippen molar-refractivity contribution in [2.75, 3.05) is 12.8 Å². The molecule has 94 valence electrons. The zero-order valence-electron chi connectivity index (χ0n) is 9.76. The molecule has 2 aromatic rings. The number of pyridine rings is 1. The summed E-state index contributed by atoms with van der Waals surface area (Å²) in [6.45, 7) is 0.512. The standard InChI is InChI=1S/C12H12ClN3OS/c1-16(7-8-2-3-11(13)18-8)12(17)9-4-5-15-6-10(9)14/h2-6H,7,14H2,1H3. The van der Waals surface area contributed by atoms with Gasteiger partial charge in [0, 0.05) is 18.1 Å². The number of amides is 1. The van der Waals surface area contributed by atoms with Crippen molar-refractivity contribution < 1.29 is 4.79 Å². The van der Waals surface area contributed by atoms with Gasteiger partial charge in [-0.2, -0.15) is 0 Å². The molecule has 6 heteroatoms. The van der Waals surface area contributed by atoms with E-state index in [0.29, 0.717) is 22.1 Å². The summed E-state index contributed by atoms with van der Waals surface area (Å²) >= 11 is 7.31. The van der Waals surface area contributed by atoms with Gasteiger partial charge in [0.2, 0.25) is 0 Å². The highest BCUT2D eigenvalue weighted by Crippen LogP contribution is 2.23. The molecule has 0 saturated carbocycles. The Morgan fingerprint density at radius 3 is 2.89 bits per heavy atom. The average molecular weight is 282 g/mol. The lowest BCUT2D eigenvalue weighted by molar-refractivity contribution is 0.0787. The van der Waals surface area contributed by atoms with Gasteiger partial charge in [-0.3, -0.25) is 9.78 Å². The quantitative estimate of drug-likeness (QED) is 0.941. The molecule has 0 aromatic carbocycles. The van der Waals surface area contributed by atoms with Crippen LogP contribution in [0.2, 0.25) is 4.34 Å². The fraction of sp³-hybridized carbons (Fsp3) is 0.167. The Labute approximate surface area is 114 Å². The Hall–Kier alpha value is -1.59. The van der Waals surface area contributed by atoms with Crippen LogP contribution in [0.15, 0.2) is 30.6 Å². The normalized spacial score (nSPS) is 10.3. The Bertz CT molecular complexity index is 570. The third-order valence-corrected chi connectivity index (χ3v) is 3.67. The van der Waals surface area contributed by atoms with E-state index in [4.69, 9.17) is 17.3 Å². The second-order valence-corrected chi connectivity index (χ2v) is 5.63. The largest absolute Gasteiger partial charge is 0.397 e. The van der Waals surface area contributed by atoms with E-state index in [1.807, 2.05) is 12.1 Å². The Balaban J connectivity index is 2.12. The maximum atomic E-state index is 12.2. The van der Waals surface area contributed by atoms with Crippen LogP contribution in [0.25, 0.3) is 0 Å².